The number of hydrogen-bond acceptors (Lipinski definition) is 4. The van der Waals surface area contributed by atoms with Gasteiger partial charge in [-0.05, 0) is 37.8 Å². The lowest BCUT2D eigenvalue weighted by molar-refractivity contribution is 0.334. The van der Waals surface area contributed by atoms with Crippen molar-refractivity contribution < 1.29 is 4.42 Å². The molecule has 3 N–H and O–H groups in total. The van der Waals surface area contributed by atoms with E-state index in [0.29, 0.717) is 11.6 Å². The number of aromatic nitrogens is 3. The van der Waals surface area contributed by atoms with E-state index in [0.717, 1.165) is 43.8 Å². The Morgan fingerprint density at radius 1 is 1.30 bits per heavy atom. The minimum absolute atomic E-state index is 0.596. The highest BCUT2D eigenvalue weighted by atomic mass is 16.3. The first-order valence-electron chi connectivity index (χ1n) is 10.3. The quantitative estimate of drug-likeness (QED) is 0.356. The SMILES string of the molecule is CCNC(=NCCCC1CCCCC1)NCCc1nc(-c2ccco2)n[nH]1. The van der Waals surface area contributed by atoms with Crippen molar-refractivity contribution in [1.82, 2.24) is 25.8 Å². The molecule has 2 heterocycles. The predicted molar refractivity (Wildman–Crippen MR) is 108 cm³/mol. The number of aliphatic imine (C=N–C) groups is 1. The van der Waals surface area contributed by atoms with Gasteiger partial charge in [-0.2, -0.15) is 5.10 Å². The van der Waals surface area contributed by atoms with Crippen molar-refractivity contribution in [3.8, 4) is 11.6 Å². The highest BCUT2D eigenvalue weighted by molar-refractivity contribution is 5.79. The van der Waals surface area contributed by atoms with Gasteiger partial charge in [-0.15, -0.1) is 0 Å². The smallest absolute Gasteiger partial charge is 0.216 e. The number of nitrogens with one attached hydrogen (secondary N) is 3. The van der Waals surface area contributed by atoms with Crippen LogP contribution in [0.4, 0.5) is 0 Å². The molecule has 0 aliphatic heterocycles. The maximum absolute atomic E-state index is 5.32. The van der Waals surface area contributed by atoms with Gasteiger partial charge in [0.1, 0.15) is 5.82 Å². The van der Waals surface area contributed by atoms with Crippen LogP contribution in [0.2, 0.25) is 0 Å². The molecule has 1 saturated carbocycles. The zero-order chi connectivity index (χ0) is 18.7. The van der Waals surface area contributed by atoms with Crippen LogP contribution >= 0.6 is 0 Å². The van der Waals surface area contributed by atoms with Crippen molar-refractivity contribution in [2.75, 3.05) is 19.6 Å². The molecule has 1 fully saturated rings. The van der Waals surface area contributed by atoms with Crippen molar-refractivity contribution in [3.05, 3.63) is 24.2 Å². The molecule has 0 bridgehead atoms. The minimum Gasteiger partial charge on any atom is -0.461 e. The van der Waals surface area contributed by atoms with E-state index in [1.807, 2.05) is 12.1 Å². The molecule has 27 heavy (non-hydrogen) atoms. The zero-order valence-corrected chi connectivity index (χ0v) is 16.3. The Morgan fingerprint density at radius 2 is 2.19 bits per heavy atom. The first-order valence-corrected chi connectivity index (χ1v) is 10.3. The molecule has 2 aromatic heterocycles. The van der Waals surface area contributed by atoms with Crippen molar-refractivity contribution in [2.45, 2.75) is 58.3 Å². The maximum Gasteiger partial charge on any atom is 0.216 e. The standard InChI is InChI=1S/C20H32N6O/c1-2-21-20(22-13-6-10-16-8-4-3-5-9-16)23-14-12-18-24-19(26-25-18)17-11-7-15-27-17/h7,11,15-16H,2-6,8-10,12-14H2,1H3,(H2,21,22,23)(H,24,25,26). The van der Waals surface area contributed by atoms with E-state index in [1.165, 1.54) is 44.9 Å². The Hall–Kier alpha value is -2.31. The summed E-state index contributed by atoms with van der Waals surface area (Å²) in [6.07, 6.45) is 12.0. The Bertz CT molecular complexity index is 672. The Balaban J connectivity index is 1.38. The molecule has 7 nitrogen and oxygen atoms in total. The second kappa shape index (κ2) is 10.7. The van der Waals surface area contributed by atoms with Crippen molar-refractivity contribution in [2.24, 2.45) is 10.9 Å². The summed E-state index contributed by atoms with van der Waals surface area (Å²) in [7, 11) is 0. The predicted octanol–water partition coefficient (Wildman–Crippen LogP) is 3.52. The molecule has 1 aliphatic carbocycles. The van der Waals surface area contributed by atoms with Crippen LogP contribution < -0.4 is 10.6 Å². The van der Waals surface area contributed by atoms with Crippen LogP contribution in [0.3, 0.4) is 0 Å². The lowest BCUT2D eigenvalue weighted by atomic mass is 9.86. The fourth-order valence-electron chi connectivity index (χ4n) is 3.61. The van der Waals surface area contributed by atoms with E-state index < -0.39 is 0 Å². The lowest BCUT2D eigenvalue weighted by Gasteiger charge is -2.20. The van der Waals surface area contributed by atoms with Gasteiger partial charge in [0.2, 0.25) is 5.82 Å². The number of guanidine groups is 1. The largest absolute Gasteiger partial charge is 0.461 e. The van der Waals surface area contributed by atoms with Gasteiger partial charge in [-0.25, -0.2) is 4.98 Å². The summed E-state index contributed by atoms with van der Waals surface area (Å²) in [5, 5.41) is 13.9. The van der Waals surface area contributed by atoms with Gasteiger partial charge in [-0.3, -0.25) is 10.1 Å². The van der Waals surface area contributed by atoms with Gasteiger partial charge in [0.15, 0.2) is 11.7 Å². The molecule has 0 atom stereocenters. The molecule has 2 aromatic rings. The van der Waals surface area contributed by atoms with E-state index >= 15 is 0 Å². The van der Waals surface area contributed by atoms with Crippen LogP contribution in [0.15, 0.2) is 27.8 Å². The van der Waals surface area contributed by atoms with Crippen molar-refractivity contribution in [1.29, 1.82) is 0 Å². The number of nitrogens with zero attached hydrogens (tertiary/aromatic N) is 3. The highest BCUT2D eigenvalue weighted by Crippen LogP contribution is 2.27. The average Bonchev–Trinajstić information content (AvgIpc) is 3.38. The highest BCUT2D eigenvalue weighted by Gasteiger charge is 2.12. The molecule has 148 valence electrons. The van der Waals surface area contributed by atoms with Gasteiger partial charge in [0, 0.05) is 26.1 Å². The lowest BCUT2D eigenvalue weighted by Crippen LogP contribution is -2.38. The first-order chi connectivity index (χ1) is 13.3. The molecule has 0 saturated heterocycles. The molecule has 0 radical (unpaired) electrons. The first kappa shape index (κ1) is 19.5. The molecular weight excluding hydrogens is 340 g/mol. The Kier molecular flexibility index (Phi) is 7.74. The fourth-order valence-corrected chi connectivity index (χ4v) is 3.61. The summed E-state index contributed by atoms with van der Waals surface area (Å²) >= 11 is 0. The topological polar surface area (TPSA) is 91.1 Å². The Morgan fingerprint density at radius 3 is 2.96 bits per heavy atom. The minimum atomic E-state index is 0.596. The number of aromatic amines is 1. The number of hydrogen-bond donors (Lipinski definition) is 3. The van der Waals surface area contributed by atoms with Gasteiger partial charge in [0.05, 0.1) is 6.26 Å². The summed E-state index contributed by atoms with van der Waals surface area (Å²) in [4.78, 5) is 9.17. The number of rotatable bonds is 9. The summed E-state index contributed by atoms with van der Waals surface area (Å²) in [5.74, 6) is 3.92. The fraction of sp³-hybridized carbons (Fsp3) is 0.650. The molecule has 0 aromatic carbocycles. The normalized spacial score (nSPS) is 15.8. The van der Waals surface area contributed by atoms with Crippen molar-refractivity contribution >= 4 is 5.96 Å². The second-order valence-electron chi connectivity index (χ2n) is 7.17. The summed E-state index contributed by atoms with van der Waals surface area (Å²) in [5.41, 5.74) is 0. The summed E-state index contributed by atoms with van der Waals surface area (Å²) in [6.45, 7) is 4.59. The second-order valence-corrected chi connectivity index (χ2v) is 7.17. The molecule has 0 spiro atoms. The molecule has 7 heteroatoms. The van der Waals surface area contributed by atoms with Crippen molar-refractivity contribution in [3.63, 3.8) is 0 Å². The number of furan rings is 1. The van der Waals surface area contributed by atoms with Crippen LogP contribution in [-0.2, 0) is 6.42 Å². The van der Waals surface area contributed by atoms with Gasteiger partial charge < -0.3 is 15.1 Å². The van der Waals surface area contributed by atoms with Crippen LogP contribution in [0.25, 0.3) is 11.6 Å². The molecule has 1 aliphatic rings. The van der Waals surface area contributed by atoms with Crippen LogP contribution in [-0.4, -0.2) is 40.8 Å². The summed E-state index contributed by atoms with van der Waals surface area (Å²) < 4.78 is 5.32. The van der Waals surface area contributed by atoms with Crippen LogP contribution in [0.5, 0.6) is 0 Å². The third-order valence-electron chi connectivity index (χ3n) is 5.04. The van der Waals surface area contributed by atoms with Gasteiger partial charge >= 0.3 is 0 Å². The monoisotopic (exact) mass is 372 g/mol. The molecule has 3 rings (SSSR count). The van der Waals surface area contributed by atoms with E-state index in [4.69, 9.17) is 9.41 Å². The van der Waals surface area contributed by atoms with E-state index in [2.05, 4.69) is 32.7 Å². The summed E-state index contributed by atoms with van der Waals surface area (Å²) in [6, 6.07) is 3.69. The molecular formula is C20H32N6O. The Labute approximate surface area is 161 Å². The van der Waals surface area contributed by atoms with Crippen LogP contribution in [0, 0.1) is 5.92 Å². The van der Waals surface area contributed by atoms with E-state index in [9.17, 15) is 0 Å². The van der Waals surface area contributed by atoms with E-state index in [1.54, 1.807) is 6.26 Å². The van der Waals surface area contributed by atoms with Gasteiger partial charge in [-0.1, -0.05) is 32.1 Å². The molecule has 0 amide bonds. The maximum atomic E-state index is 5.32. The van der Waals surface area contributed by atoms with Gasteiger partial charge in [0.25, 0.3) is 0 Å². The van der Waals surface area contributed by atoms with E-state index in [-0.39, 0.29) is 0 Å². The van der Waals surface area contributed by atoms with Crippen LogP contribution in [0.1, 0.15) is 57.7 Å². The third-order valence-corrected chi connectivity index (χ3v) is 5.04. The average molecular weight is 373 g/mol. The number of H-pyrrole nitrogens is 1. The molecule has 0 unspecified atom stereocenters. The zero-order valence-electron chi connectivity index (χ0n) is 16.3. The third kappa shape index (κ3) is 6.41.